The average Bonchev–Trinajstić information content (AvgIpc) is 2.47. The highest BCUT2D eigenvalue weighted by Gasteiger charge is 2.15. The summed E-state index contributed by atoms with van der Waals surface area (Å²) in [6.07, 6.45) is 2.39. The summed E-state index contributed by atoms with van der Waals surface area (Å²) >= 11 is 0. The Morgan fingerprint density at radius 1 is 1.25 bits per heavy atom. The second kappa shape index (κ2) is 6.23. The van der Waals surface area contributed by atoms with Crippen LogP contribution in [0.4, 0.5) is 5.82 Å². The number of rotatable bonds is 5. The molecule has 20 heavy (non-hydrogen) atoms. The molecule has 0 radical (unpaired) electrons. The first-order chi connectivity index (χ1) is 9.67. The Labute approximate surface area is 118 Å². The third-order valence-electron chi connectivity index (χ3n) is 3.27. The minimum atomic E-state index is 0.263. The number of ether oxygens (including phenoxy) is 2. The molecule has 0 aliphatic rings. The second-order valence-corrected chi connectivity index (χ2v) is 4.55. The molecule has 0 aliphatic heterocycles. The first-order valence-electron chi connectivity index (χ1n) is 6.58. The highest BCUT2D eigenvalue weighted by molar-refractivity contribution is 5.53. The van der Waals surface area contributed by atoms with Gasteiger partial charge in [0.25, 0.3) is 5.88 Å². The molecule has 0 aliphatic carbocycles. The number of nitrogen functional groups attached to an aromatic ring is 1. The standard InChI is InChI=1S/C15H19N3O2/c1-4-10(2)11-7-5-6-8-12(11)20-15-13(19-3)14(16)17-9-18-15/h5-10H,4H2,1-3H3,(H2,16,17,18). The van der Waals surface area contributed by atoms with Crippen molar-refractivity contribution in [2.45, 2.75) is 26.2 Å². The van der Waals surface area contributed by atoms with Gasteiger partial charge in [-0.3, -0.25) is 0 Å². The molecule has 1 atom stereocenters. The molecule has 0 fully saturated rings. The monoisotopic (exact) mass is 273 g/mol. The maximum Gasteiger partial charge on any atom is 0.268 e. The van der Waals surface area contributed by atoms with E-state index in [0.29, 0.717) is 17.5 Å². The van der Waals surface area contributed by atoms with Crippen molar-refractivity contribution in [1.29, 1.82) is 0 Å². The van der Waals surface area contributed by atoms with Gasteiger partial charge in [-0.15, -0.1) is 0 Å². The van der Waals surface area contributed by atoms with E-state index >= 15 is 0 Å². The summed E-state index contributed by atoms with van der Waals surface area (Å²) in [6.45, 7) is 4.30. The lowest BCUT2D eigenvalue weighted by atomic mass is 9.98. The molecule has 0 spiro atoms. The largest absolute Gasteiger partial charge is 0.489 e. The maximum atomic E-state index is 5.88. The zero-order chi connectivity index (χ0) is 14.5. The molecule has 1 aromatic carbocycles. The van der Waals surface area contributed by atoms with E-state index in [-0.39, 0.29) is 5.82 Å². The first kappa shape index (κ1) is 14.1. The fourth-order valence-corrected chi connectivity index (χ4v) is 1.94. The summed E-state index contributed by atoms with van der Waals surface area (Å²) in [6, 6.07) is 7.90. The van der Waals surface area contributed by atoms with Crippen LogP contribution in [-0.4, -0.2) is 17.1 Å². The van der Waals surface area contributed by atoms with Gasteiger partial charge in [0, 0.05) is 0 Å². The van der Waals surface area contributed by atoms with E-state index in [2.05, 4.69) is 29.9 Å². The van der Waals surface area contributed by atoms with Gasteiger partial charge >= 0.3 is 0 Å². The maximum absolute atomic E-state index is 5.88. The Kier molecular flexibility index (Phi) is 4.40. The lowest BCUT2D eigenvalue weighted by Gasteiger charge is -2.16. The van der Waals surface area contributed by atoms with Gasteiger partial charge in [-0.05, 0) is 24.0 Å². The number of nitrogens with zero attached hydrogens (tertiary/aromatic N) is 2. The Hall–Kier alpha value is -2.30. The molecule has 0 amide bonds. The predicted molar refractivity (Wildman–Crippen MR) is 78.2 cm³/mol. The summed E-state index contributed by atoms with van der Waals surface area (Å²) in [7, 11) is 1.52. The normalized spacial score (nSPS) is 11.9. The van der Waals surface area contributed by atoms with E-state index in [9.17, 15) is 0 Å². The van der Waals surface area contributed by atoms with E-state index in [1.165, 1.54) is 13.4 Å². The zero-order valence-electron chi connectivity index (χ0n) is 12.0. The molecule has 5 heteroatoms. The number of aromatic nitrogens is 2. The van der Waals surface area contributed by atoms with Gasteiger partial charge < -0.3 is 15.2 Å². The predicted octanol–water partition coefficient (Wildman–Crippen LogP) is 3.37. The number of methoxy groups -OCH3 is 1. The van der Waals surface area contributed by atoms with Crippen molar-refractivity contribution in [2.24, 2.45) is 0 Å². The number of benzene rings is 1. The first-order valence-corrected chi connectivity index (χ1v) is 6.58. The van der Waals surface area contributed by atoms with E-state index < -0.39 is 0 Å². The van der Waals surface area contributed by atoms with Crippen LogP contribution in [0.3, 0.4) is 0 Å². The molecule has 0 bridgehead atoms. The van der Waals surface area contributed by atoms with Crippen LogP contribution in [0.25, 0.3) is 0 Å². The third kappa shape index (κ3) is 2.82. The molecule has 1 aromatic heterocycles. The Balaban J connectivity index is 2.38. The fraction of sp³-hybridized carbons (Fsp3) is 0.333. The molecule has 2 N–H and O–H groups in total. The smallest absolute Gasteiger partial charge is 0.268 e. The summed E-state index contributed by atoms with van der Waals surface area (Å²) in [5.41, 5.74) is 6.89. The van der Waals surface area contributed by atoms with Crippen LogP contribution in [0.1, 0.15) is 31.7 Å². The summed E-state index contributed by atoms with van der Waals surface area (Å²) in [5.74, 6) is 2.11. The van der Waals surface area contributed by atoms with Crippen LogP contribution in [-0.2, 0) is 0 Å². The van der Waals surface area contributed by atoms with Gasteiger partial charge in [0.15, 0.2) is 5.82 Å². The van der Waals surface area contributed by atoms with Crippen LogP contribution in [0.15, 0.2) is 30.6 Å². The summed E-state index contributed by atoms with van der Waals surface area (Å²) in [5, 5.41) is 0. The fourth-order valence-electron chi connectivity index (χ4n) is 1.94. The number of para-hydroxylation sites is 1. The molecule has 2 aromatic rings. The molecule has 0 saturated carbocycles. The number of hydrogen-bond donors (Lipinski definition) is 1. The van der Waals surface area contributed by atoms with E-state index in [0.717, 1.165) is 17.7 Å². The molecular weight excluding hydrogens is 254 g/mol. The van der Waals surface area contributed by atoms with Crippen LogP contribution < -0.4 is 15.2 Å². The van der Waals surface area contributed by atoms with Crippen LogP contribution in [0.2, 0.25) is 0 Å². The van der Waals surface area contributed by atoms with Crippen molar-refractivity contribution in [2.75, 3.05) is 12.8 Å². The Morgan fingerprint density at radius 3 is 2.70 bits per heavy atom. The average molecular weight is 273 g/mol. The molecule has 0 saturated heterocycles. The topological polar surface area (TPSA) is 70.3 Å². The van der Waals surface area contributed by atoms with E-state index in [1.54, 1.807) is 0 Å². The summed E-state index contributed by atoms with van der Waals surface area (Å²) in [4.78, 5) is 7.98. The zero-order valence-corrected chi connectivity index (χ0v) is 12.0. The summed E-state index contributed by atoms with van der Waals surface area (Å²) < 4.78 is 11.1. The minimum Gasteiger partial charge on any atom is -0.489 e. The number of hydrogen-bond acceptors (Lipinski definition) is 5. The SMILES string of the molecule is CCC(C)c1ccccc1Oc1ncnc(N)c1OC. The van der Waals surface area contributed by atoms with Crippen molar-refractivity contribution < 1.29 is 9.47 Å². The van der Waals surface area contributed by atoms with Crippen molar-refractivity contribution in [3.63, 3.8) is 0 Å². The lowest BCUT2D eigenvalue weighted by molar-refractivity contribution is 0.367. The number of anilines is 1. The van der Waals surface area contributed by atoms with E-state index in [4.69, 9.17) is 15.2 Å². The molecule has 106 valence electrons. The van der Waals surface area contributed by atoms with Crippen LogP contribution >= 0.6 is 0 Å². The van der Waals surface area contributed by atoms with Crippen molar-refractivity contribution in [3.05, 3.63) is 36.2 Å². The Bertz CT molecular complexity index is 587. The van der Waals surface area contributed by atoms with Gasteiger partial charge in [-0.1, -0.05) is 32.0 Å². The molecule has 2 rings (SSSR count). The quantitative estimate of drug-likeness (QED) is 0.904. The second-order valence-electron chi connectivity index (χ2n) is 4.55. The van der Waals surface area contributed by atoms with Gasteiger partial charge in [-0.2, -0.15) is 4.98 Å². The Morgan fingerprint density at radius 2 is 2.00 bits per heavy atom. The van der Waals surface area contributed by atoms with Crippen LogP contribution in [0, 0.1) is 0 Å². The highest BCUT2D eigenvalue weighted by atomic mass is 16.5. The molecular formula is C15H19N3O2. The molecule has 1 heterocycles. The van der Waals surface area contributed by atoms with E-state index in [1.807, 2.05) is 18.2 Å². The van der Waals surface area contributed by atoms with Crippen molar-refractivity contribution >= 4 is 5.82 Å². The van der Waals surface area contributed by atoms with Gasteiger partial charge in [0.2, 0.25) is 5.75 Å². The minimum absolute atomic E-state index is 0.263. The molecule has 5 nitrogen and oxygen atoms in total. The lowest BCUT2D eigenvalue weighted by Crippen LogP contribution is -2.02. The number of nitrogens with two attached hydrogens (primary N) is 1. The third-order valence-corrected chi connectivity index (χ3v) is 3.27. The van der Waals surface area contributed by atoms with Gasteiger partial charge in [-0.25, -0.2) is 4.98 Å². The van der Waals surface area contributed by atoms with Gasteiger partial charge in [0.05, 0.1) is 7.11 Å². The van der Waals surface area contributed by atoms with Crippen LogP contribution in [0.5, 0.6) is 17.4 Å². The van der Waals surface area contributed by atoms with Crippen molar-refractivity contribution in [1.82, 2.24) is 9.97 Å². The highest BCUT2D eigenvalue weighted by Crippen LogP contribution is 2.36. The van der Waals surface area contributed by atoms with Crippen molar-refractivity contribution in [3.8, 4) is 17.4 Å². The van der Waals surface area contributed by atoms with Gasteiger partial charge in [0.1, 0.15) is 12.1 Å². The molecule has 1 unspecified atom stereocenters.